The number of aromatic nitrogens is 1. The van der Waals surface area contributed by atoms with E-state index < -0.39 is 10.0 Å². The zero-order valence-corrected chi connectivity index (χ0v) is 16.3. The Morgan fingerprint density at radius 2 is 1.81 bits per heavy atom. The van der Waals surface area contributed by atoms with Crippen LogP contribution in [0.5, 0.6) is 11.5 Å². The minimum atomic E-state index is -3.86. The van der Waals surface area contributed by atoms with Crippen molar-refractivity contribution in [3.8, 4) is 22.8 Å². The van der Waals surface area contributed by atoms with Crippen LogP contribution in [-0.4, -0.2) is 27.6 Å². The normalized spacial score (nSPS) is 11.2. The van der Waals surface area contributed by atoms with E-state index >= 15 is 0 Å². The number of halogens is 1. The number of nitrogens with one attached hydrogen (secondary N) is 1. The van der Waals surface area contributed by atoms with Crippen molar-refractivity contribution in [3.63, 3.8) is 0 Å². The Hall–Kier alpha value is -2.29. The van der Waals surface area contributed by atoms with Gasteiger partial charge in [-0.3, -0.25) is 4.72 Å². The Kier molecular flexibility index (Phi) is 5.36. The van der Waals surface area contributed by atoms with Gasteiger partial charge in [-0.2, -0.15) is 0 Å². The molecule has 6 nitrogen and oxygen atoms in total. The molecule has 0 spiro atoms. The second-order valence-electron chi connectivity index (χ2n) is 5.17. The summed E-state index contributed by atoms with van der Waals surface area (Å²) in [5, 5.41) is 2.65. The number of benzene rings is 2. The van der Waals surface area contributed by atoms with Gasteiger partial charge in [-0.15, -0.1) is 11.3 Å². The average molecular weight is 411 g/mol. The molecule has 3 rings (SSSR count). The lowest BCUT2D eigenvalue weighted by atomic mass is 10.2. The third kappa shape index (κ3) is 3.92. The summed E-state index contributed by atoms with van der Waals surface area (Å²) < 4.78 is 38.1. The quantitative estimate of drug-likeness (QED) is 0.656. The first-order valence-corrected chi connectivity index (χ1v) is 10.1. The van der Waals surface area contributed by atoms with Crippen LogP contribution in [-0.2, 0) is 10.0 Å². The zero-order chi connectivity index (χ0) is 18.7. The van der Waals surface area contributed by atoms with Crippen LogP contribution in [0.15, 0.2) is 52.7 Å². The van der Waals surface area contributed by atoms with Crippen LogP contribution in [0, 0.1) is 0 Å². The standard InChI is InChI=1S/C17H15ClN2O4S2/c1-23-13-7-8-16(15(9-13)24-2)26(21,22)20-17-19-14(10-25-17)11-3-5-12(18)6-4-11/h3-10H,1-2H3,(H,19,20). The molecule has 0 fully saturated rings. The predicted octanol–water partition coefficient (Wildman–Crippen LogP) is 4.28. The summed E-state index contributed by atoms with van der Waals surface area (Å²) in [4.78, 5) is 4.33. The van der Waals surface area contributed by atoms with Gasteiger partial charge in [0.25, 0.3) is 10.0 Å². The topological polar surface area (TPSA) is 77.5 Å². The second kappa shape index (κ2) is 7.53. The molecule has 3 aromatic rings. The van der Waals surface area contributed by atoms with Crippen LogP contribution in [0.4, 0.5) is 5.13 Å². The summed E-state index contributed by atoms with van der Waals surface area (Å²) in [5.74, 6) is 0.686. The van der Waals surface area contributed by atoms with Crippen molar-refractivity contribution in [2.24, 2.45) is 0 Å². The van der Waals surface area contributed by atoms with E-state index in [0.29, 0.717) is 16.5 Å². The fourth-order valence-electron chi connectivity index (χ4n) is 2.24. The van der Waals surface area contributed by atoms with Gasteiger partial charge in [0.15, 0.2) is 5.13 Å². The van der Waals surface area contributed by atoms with Gasteiger partial charge in [0.2, 0.25) is 0 Å². The van der Waals surface area contributed by atoms with E-state index in [1.807, 2.05) is 12.1 Å². The lowest BCUT2D eigenvalue weighted by Crippen LogP contribution is -2.14. The molecular weight excluding hydrogens is 396 g/mol. The van der Waals surface area contributed by atoms with Gasteiger partial charge < -0.3 is 9.47 Å². The Balaban J connectivity index is 1.88. The van der Waals surface area contributed by atoms with Gasteiger partial charge >= 0.3 is 0 Å². The number of rotatable bonds is 6. The van der Waals surface area contributed by atoms with Gasteiger partial charge in [-0.05, 0) is 24.3 Å². The molecule has 0 atom stereocenters. The highest BCUT2D eigenvalue weighted by molar-refractivity contribution is 7.93. The molecule has 0 saturated heterocycles. The van der Waals surface area contributed by atoms with E-state index in [1.54, 1.807) is 23.6 Å². The number of nitrogens with zero attached hydrogens (tertiary/aromatic N) is 1. The van der Waals surface area contributed by atoms with Crippen molar-refractivity contribution in [2.75, 3.05) is 18.9 Å². The number of thiazole rings is 1. The fraction of sp³-hybridized carbons (Fsp3) is 0.118. The molecule has 0 aliphatic heterocycles. The molecule has 0 radical (unpaired) electrons. The van der Waals surface area contributed by atoms with Gasteiger partial charge in [0.05, 0.1) is 19.9 Å². The molecule has 136 valence electrons. The first-order chi connectivity index (χ1) is 12.4. The van der Waals surface area contributed by atoms with E-state index in [2.05, 4.69) is 9.71 Å². The average Bonchev–Trinajstić information content (AvgIpc) is 3.09. The molecule has 9 heteroatoms. The largest absolute Gasteiger partial charge is 0.497 e. The van der Waals surface area contributed by atoms with Crippen molar-refractivity contribution in [1.29, 1.82) is 0 Å². The molecule has 0 saturated carbocycles. The minimum absolute atomic E-state index is 0.00374. The van der Waals surface area contributed by atoms with Crippen LogP contribution in [0.2, 0.25) is 5.02 Å². The van der Waals surface area contributed by atoms with E-state index in [4.69, 9.17) is 21.1 Å². The first kappa shape index (κ1) is 18.5. The molecule has 1 N–H and O–H groups in total. The molecular formula is C17H15ClN2O4S2. The maximum atomic E-state index is 12.7. The van der Waals surface area contributed by atoms with Crippen LogP contribution in [0.3, 0.4) is 0 Å². The number of sulfonamides is 1. The van der Waals surface area contributed by atoms with Gasteiger partial charge in [0.1, 0.15) is 16.4 Å². The number of hydrogen-bond donors (Lipinski definition) is 1. The van der Waals surface area contributed by atoms with E-state index in [-0.39, 0.29) is 15.8 Å². The number of anilines is 1. The Bertz CT molecular complexity index is 1020. The molecule has 26 heavy (non-hydrogen) atoms. The highest BCUT2D eigenvalue weighted by atomic mass is 35.5. The molecule has 0 bridgehead atoms. The third-order valence-electron chi connectivity index (χ3n) is 3.53. The Morgan fingerprint density at radius 3 is 2.46 bits per heavy atom. The Morgan fingerprint density at radius 1 is 1.08 bits per heavy atom. The smallest absolute Gasteiger partial charge is 0.267 e. The summed E-state index contributed by atoms with van der Waals surface area (Å²) in [6, 6.07) is 11.6. The van der Waals surface area contributed by atoms with Gasteiger partial charge in [-0.25, -0.2) is 13.4 Å². The molecule has 0 aliphatic carbocycles. The number of methoxy groups -OCH3 is 2. The van der Waals surface area contributed by atoms with Crippen molar-refractivity contribution in [3.05, 3.63) is 52.9 Å². The molecule has 0 unspecified atom stereocenters. The van der Waals surface area contributed by atoms with Crippen molar-refractivity contribution >= 4 is 38.1 Å². The SMILES string of the molecule is COc1ccc(S(=O)(=O)Nc2nc(-c3ccc(Cl)cc3)cs2)c(OC)c1. The van der Waals surface area contributed by atoms with Crippen LogP contribution in [0.25, 0.3) is 11.3 Å². The summed E-state index contributed by atoms with van der Waals surface area (Å²) in [7, 11) is -0.967. The molecule has 2 aromatic carbocycles. The van der Waals surface area contributed by atoms with Crippen molar-refractivity contribution < 1.29 is 17.9 Å². The van der Waals surface area contributed by atoms with Gasteiger partial charge in [0, 0.05) is 22.0 Å². The van der Waals surface area contributed by atoms with Crippen molar-refractivity contribution in [2.45, 2.75) is 4.90 Å². The Labute approximate surface area is 160 Å². The summed E-state index contributed by atoms with van der Waals surface area (Å²) in [6.45, 7) is 0. The lowest BCUT2D eigenvalue weighted by Gasteiger charge is -2.11. The highest BCUT2D eigenvalue weighted by Crippen LogP contribution is 2.31. The van der Waals surface area contributed by atoms with Gasteiger partial charge in [-0.1, -0.05) is 23.7 Å². The van der Waals surface area contributed by atoms with Crippen LogP contribution >= 0.6 is 22.9 Å². The summed E-state index contributed by atoms with van der Waals surface area (Å²) in [5.41, 5.74) is 1.50. The predicted molar refractivity (Wildman–Crippen MR) is 103 cm³/mol. The maximum Gasteiger partial charge on any atom is 0.267 e. The highest BCUT2D eigenvalue weighted by Gasteiger charge is 2.21. The van der Waals surface area contributed by atoms with Crippen molar-refractivity contribution in [1.82, 2.24) is 4.98 Å². The minimum Gasteiger partial charge on any atom is -0.497 e. The molecule has 0 amide bonds. The first-order valence-electron chi connectivity index (χ1n) is 7.39. The fourth-order valence-corrected chi connectivity index (χ4v) is 4.49. The van der Waals surface area contributed by atoms with Crippen LogP contribution < -0.4 is 14.2 Å². The molecule has 0 aliphatic rings. The monoisotopic (exact) mass is 410 g/mol. The lowest BCUT2D eigenvalue weighted by molar-refractivity contribution is 0.386. The summed E-state index contributed by atoms with van der Waals surface area (Å²) >= 11 is 7.07. The maximum absolute atomic E-state index is 12.7. The number of ether oxygens (including phenoxy) is 2. The van der Waals surface area contributed by atoms with E-state index in [9.17, 15) is 8.42 Å². The molecule has 1 heterocycles. The van der Waals surface area contributed by atoms with E-state index in [1.165, 1.54) is 37.7 Å². The second-order valence-corrected chi connectivity index (χ2v) is 8.11. The summed E-state index contributed by atoms with van der Waals surface area (Å²) in [6.07, 6.45) is 0. The zero-order valence-electron chi connectivity index (χ0n) is 13.9. The van der Waals surface area contributed by atoms with E-state index in [0.717, 1.165) is 5.56 Å². The van der Waals surface area contributed by atoms with Crippen LogP contribution in [0.1, 0.15) is 0 Å². The molecule has 1 aromatic heterocycles. The third-order valence-corrected chi connectivity index (χ3v) is 6.04. The number of hydrogen-bond acceptors (Lipinski definition) is 6.